The number of carbonyl (C=O) groups excluding carboxylic acids is 1. The Morgan fingerprint density at radius 2 is 2.11 bits per heavy atom. The Morgan fingerprint density at radius 1 is 1.28 bits per heavy atom. The van der Waals surface area contributed by atoms with Crippen molar-refractivity contribution in [1.82, 2.24) is 0 Å². The Labute approximate surface area is 109 Å². The molecule has 1 heterocycles. The summed E-state index contributed by atoms with van der Waals surface area (Å²) >= 11 is 1.68. The van der Waals surface area contributed by atoms with Crippen molar-refractivity contribution < 1.29 is 9.53 Å². The first kappa shape index (κ1) is 12.4. The molecule has 0 aliphatic rings. The van der Waals surface area contributed by atoms with Crippen LogP contribution >= 0.6 is 11.3 Å². The lowest BCUT2D eigenvalue weighted by molar-refractivity contribution is 0.100. The largest absolute Gasteiger partial charge is 0.491 e. The molecule has 0 unspecified atom stereocenters. The molecule has 1 aromatic carbocycles. The van der Waals surface area contributed by atoms with Gasteiger partial charge in [-0.05, 0) is 23.6 Å². The van der Waals surface area contributed by atoms with Crippen LogP contribution in [0.4, 0.5) is 5.69 Å². The average Bonchev–Trinajstić information content (AvgIpc) is 2.84. The highest BCUT2D eigenvalue weighted by Crippen LogP contribution is 2.25. The number of nitrogens with two attached hydrogens (primary N) is 2. The highest BCUT2D eigenvalue weighted by molar-refractivity contribution is 7.09. The van der Waals surface area contributed by atoms with E-state index < -0.39 is 5.91 Å². The summed E-state index contributed by atoms with van der Waals surface area (Å²) in [5, 5.41) is 2.03. The fraction of sp³-hybridized carbons (Fsp3) is 0.154. The van der Waals surface area contributed by atoms with Crippen molar-refractivity contribution >= 4 is 22.9 Å². The number of amides is 1. The third-order valence-corrected chi connectivity index (χ3v) is 3.45. The number of nitrogen functional groups attached to an aromatic ring is 1. The number of rotatable bonds is 5. The molecule has 0 spiro atoms. The van der Waals surface area contributed by atoms with Gasteiger partial charge >= 0.3 is 0 Å². The normalized spacial score (nSPS) is 10.2. The number of carbonyl (C=O) groups is 1. The lowest BCUT2D eigenvalue weighted by atomic mass is 10.1. The molecular weight excluding hydrogens is 248 g/mol. The molecule has 4 N–H and O–H groups in total. The third-order valence-electron chi connectivity index (χ3n) is 2.52. The van der Waals surface area contributed by atoms with E-state index in [9.17, 15) is 4.79 Å². The van der Waals surface area contributed by atoms with Gasteiger partial charge in [-0.15, -0.1) is 11.3 Å². The number of anilines is 1. The van der Waals surface area contributed by atoms with Gasteiger partial charge in [-0.3, -0.25) is 4.79 Å². The van der Waals surface area contributed by atoms with Gasteiger partial charge in [0, 0.05) is 11.3 Å². The van der Waals surface area contributed by atoms with Gasteiger partial charge in [0.15, 0.2) is 0 Å². The number of primary amides is 1. The van der Waals surface area contributed by atoms with E-state index in [1.54, 1.807) is 29.5 Å². The summed E-state index contributed by atoms with van der Waals surface area (Å²) in [7, 11) is 0. The van der Waals surface area contributed by atoms with Crippen molar-refractivity contribution in [1.29, 1.82) is 0 Å². The Kier molecular flexibility index (Phi) is 3.84. The van der Waals surface area contributed by atoms with E-state index >= 15 is 0 Å². The summed E-state index contributed by atoms with van der Waals surface area (Å²) in [4.78, 5) is 12.4. The standard InChI is InChI=1S/C13H14N2O2S/c14-12-10(13(15)16)4-1-5-11(12)17-7-6-9-3-2-8-18-9/h1-5,8H,6-7,14H2,(H2,15,16). The minimum Gasteiger partial charge on any atom is -0.491 e. The first-order valence-electron chi connectivity index (χ1n) is 5.52. The van der Waals surface area contributed by atoms with Crippen LogP contribution in [0, 0.1) is 0 Å². The second-order valence-corrected chi connectivity index (χ2v) is 4.79. The maximum absolute atomic E-state index is 11.1. The van der Waals surface area contributed by atoms with Crippen LogP contribution in [0.5, 0.6) is 5.75 Å². The maximum Gasteiger partial charge on any atom is 0.250 e. The van der Waals surface area contributed by atoms with Crippen LogP contribution in [-0.4, -0.2) is 12.5 Å². The second kappa shape index (κ2) is 5.55. The Hall–Kier alpha value is -2.01. The van der Waals surface area contributed by atoms with Crippen LogP contribution < -0.4 is 16.2 Å². The van der Waals surface area contributed by atoms with Crippen molar-refractivity contribution in [2.45, 2.75) is 6.42 Å². The number of ether oxygens (including phenoxy) is 1. The van der Waals surface area contributed by atoms with E-state index in [0.717, 1.165) is 6.42 Å². The van der Waals surface area contributed by atoms with Gasteiger partial charge in [-0.2, -0.15) is 0 Å². The predicted molar refractivity (Wildman–Crippen MR) is 72.9 cm³/mol. The summed E-state index contributed by atoms with van der Waals surface area (Å²) in [6, 6.07) is 9.08. The fourth-order valence-corrected chi connectivity index (χ4v) is 2.29. The Morgan fingerprint density at radius 3 is 2.78 bits per heavy atom. The Bertz CT molecular complexity index is 538. The van der Waals surface area contributed by atoms with Crippen LogP contribution in [0.25, 0.3) is 0 Å². The second-order valence-electron chi connectivity index (χ2n) is 3.76. The van der Waals surface area contributed by atoms with Gasteiger partial charge in [-0.25, -0.2) is 0 Å². The molecule has 4 nitrogen and oxygen atoms in total. The summed E-state index contributed by atoms with van der Waals surface area (Å²) in [6.45, 7) is 0.521. The number of benzene rings is 1. The minimum absolute atomic E-state index is 0.295. The molecule has 1 amide bonds. The van der Waals surface area contributed by atoms with Crippen molar-refractivity contribution in [3.05, 3.63) is 46.2 Å². The van der Waals surface area contributed by atoms with E-state index in [-0.39, 0.29) is 0 Å². The molecule has 0 saturated carbocycles. The summed E-state index contributed by atoms with van der Waals surface area (Å²) < 4.78 is 5.57. The van der Waals surface area contributed by atoms with Gasteiger partial charge in [0.25, 0.3) is 5.91 Å². The lowest BCUT2D eigenvalue weighted by Crippen LogP contribution is -2.14. The van der Waals surface area contributed by atoms with Crippen LogP contribution in [0.15, 0.2) is 35.7 Å². The summed E-state index contributed by atoms with van der Waals surface area (Å²) in [5.74, 6) is -0.0425. The quantitative estimate of drug-likeness (QED) is 0.809. The van der Waals surface area contributed by atoms with Gasteiger partial charge in [-0.1, -0.05) is 12.1 Å². The minimum atomic E-state index is -0.545. The van der Waals surface area contributed by atoms with E-state index in [0.29, 0.717) is 23.6 Å². The van der Waals surface area contributed by atoms with Gasteiger partial charge in [0.1, 0.15) is 5.75 Å². The van der Waals surface area contributed by atoms with E-state index in [1.807, 2.05) is 11.4 Å². The van der Waals surface area contributed by atoms with Crippen LogP contribution in [0.3, 0.4) is 0 Å². The molecule has 0 atom stereocenters. The zero-order valence-electron chi connectivity index (χ0n) is 9.76. The third kappa shape index (κ3) is 2.81. The molecule has 0 saturated heterocycles. The lowest BCUT2D eigenvalue weighted by Gasteiger charge is -2.10. The van der Waals surface area contributed by atoms with E-state index in [1.165, 1.54) is 4.88 Å². The van der Waals surface area contributed by atoms with Crippen molar-refractivity contribution in [2.75, 3.05) is 12.3 Å². The smallest absolute Gasteiger partial charge is 0.250 e. The first-order chi connectivity index (χ1) is 8.68. The number of hydrogen-bond acceptors (Lipinski definition) is 4. The average molecular weight is 262 g/mol. The van der Waals surface area contributed by atoms with Crippen LogP contribution in [0.1, 0.15) is 15.2 Å². The molecule has 18 heavy (non-hydrogen) atoms. The van der Waals surface area contributed by atoms with Crippen molar-refractivity contribution in [3.63, 3.8) is 0 Å². The zero-order chi connectivity index (χ0) is 13.0. The Balaban J connectivity index is 2.01. The molecule has 0 radical (unpaired) electrons. The molecule has 2 rings (SSSR count). The maximum atomic E-state index is 11.1. The molecule has 0 aliphatic heterocycles. The molecule has 0 aliphatic carbocycles. The number of hydrogen-bond donors (Lipinski definition) is 2. The summed E-state index contributed by atoms with van der Waals surface area (Å²) in [5.41, 5.74) is 11.6. The molecule has 1 aromatic heterocycles. The van der Waals surface area contributed by atoms with Crippen molar-refractivity contribution in [2.24, 2.45) is 5.73 Å². The topological polar surface area (TPSA) is 78.3 Å². The zero-order valence-corrected chi connectivity index (χ0v) is 10.6. The van der Waals surface area contributed by atoms with Crippen molar-refractivity contribution in [3.8, 4) is 5.75 Å². The van der Waals surface area contributed by atoms with Crippen LogP contribution in [-0.2, 0) is 6.42 Å². The molecule has 5 heteroatoms. The highest BCUT2D eigenvalue weighted by Gasteiger charge is 2.10. The highest BCUT2D eigenvalue weighted by atomic mass is 32.1. The molecular formula is C13H14N2O2S. The van der Waals surface area contributed by atoms with Crippen LogP contribution in [0.2, 0.25) is 0 Å². The fourth-order valence-electron chi connectivity index (χ4n) is 1.60. The molecule has 0 fully saturated rings. The first-order valence-corrected chi connectivity index (χ1v) is 6.40. The molecule has 2 aromatic rings. The van der Waals surface area contributed by atoms with Gasteiger partial charge in [0.05, 0.1) is 17.9 Å². The molecule has 94 valence electrons. The number of thiophene rings is 1. The number of para-hydroxylation sites is 1. The monoisotopic (exact) mass is 262 g/mol. The van der Waals surface area contributed by atoms with Gasteiger partial charge < -0.3 is 16.2 Å². The SMILES string of the molecule is NC(=O)c1cccc(OCCc2cccs2)c1N. The molecule has 0 bridgehead atoms. The van der Waals surface area contributed by atoms with E-state index in [4.69, 9.17) is 16.2 Å². The van der Waals surface area contributed by atoms with E-state index in [2.05, 4.69) is 6.07 Å². The summed E-state index contributed by atoms with van der Waals surface area (Å²) in [6.07, 6.45) is 0.817. The predicted octanol–water partition coefficient (Wildman–Crippen LogP) is 2.05. The van der Waals surface area contributed by atoms with Gasteiger partial charge in [0.2, 0.25) is 0 Å².